The zero-order valence-electron chi connectivity index (χ0n) is 12.2. The zero-order valence-corrected chi connectivity index (χ0v) is 12.2. The predicted octanol–water partition coefficient (Wildman–Crippen LogP) is 3.09. The number of aromatic nitrogens is 1. The van der Waals surface area contributed by atoms with E-state index < -0.39 is 41.9 Å². The summed E-state index contributed by atoms with van der Waals surface area (Å²) in [7, 11) is 0. The average Bonchev–Trinajstić information content (AvgIpc) is 2.85. The number of benzene rings is 1. The molecular formula is C14H12F5N3O2. The Bertz CT molecular complexity index is 709. The van der Waals surface area contributed by atoms with E-state index in [1.54, 1.807) is 6.92 Å². The van der Waals surface area contributed by atoms with Gasteiger partial charge in [0.05, 0.1) is 6.54 Å². The molecule has 0 fully saturated rings. The molecule has 2 aromatic rings. The van der Waals surface area contributed by atoms with Crippen LogP contribution in [0, 0.1) is 18.6 Å². The van der Waals surface area contributed by atoms with Gasteiger partial charge in [-0.15, -0.1) is 0 Å². The van der Waals surface area contributed by atoms with Crippen LogP contribution < -0.4 is 10.6 Å². The van der Waals surface area contributed by atoms with Crippen molar-refractivity contribution in [3.8, 4) is 0 Å². The van der Waals surface area contributed by atoms with Crippen LogP contribution in [0.5, 0.6) is 0 Å². The Labute approximate surface area is 132 Å². The van der Waals surface area contributed by atoms with E-state index in [2.05, 4.69) is 15.0 Å². The summed E-state index contributed by atoms with van der Waals surface area (Å²) in [6.07, 6.45) is -5.01. The molecule has 24 heavy (non-hydrogen) atoms. The number of halogens is 5. The van der Waals surface area contributed by atoms with Crippen molar-refractivity contribution in [2.45, 2.75) is 19.1 Å². The second-order valence-electron chi connectivity index (χ2n) is 4.86. The van der Waals surface area contributed by atoms with Gasteiger partial charge in [0.2, 0.25) is 5.91 Å². The Morgan fingerprint density at radius 3 is 2.42 bits per heavy atom. The van der Waals surface area contributed by atoms with Crippen molar-refractivity contribution < 1.29 is 31.3 Å². The highest BCUT2D eigenvalue weighted by Gasteiger charge is 2.43. The minimum absolute atomic E-state index is 0.0138. The van der Waals surface area contributed by atoms with Gasteiger partial charge in [0.25, 0.3) is 0 Å². The van der Waals surface area contributed by atoms with Gasteiger partial charge < -0.3 is 9.84 Å². The van der Waals surface area contributed by atoms with Crippen molar-refractivity contribution in [1.82, 2.24) is 10.5 Å². The Kier molecular flexibility index (Phi) is 5.17. The molecule has 10 heteroatoms. The van der Waals surface area contributed by atoms with Gasteiger partial charge in [-0.25, -0.2) is 8.78 Å². The van der Waals surface area contributed by atoms with Crippen LogP contribution in [0.1, 0.15) is 17.4 Å². The minimum atomic E-state index is -5.01. The van der Waals surface area contributed by atoms with E-state index in [1.807, 2.05) is 5.32 Å². The van der Waals surface area contributed by atoms with Gasteiger partial charge in [0.1, 0.15) is 23.4 Å². The highest BCUT2D eigenvalue weighted by atomic mass is 19.4. The molecule has 0 saturated heterocycles. The van der Waals surface area contributed by atoms with E-state index >= 15 is 0 Å². The number of carbonyl (C=O) groups is 1. The first kappa shape index (κ1) is 17.9. The third kappa shape index (κ3) is 4.28. The van der Waals surface area contributed by atoms with Crippen LogP contribution in [0.25, 0.3) is 0 Å². The van der Waals surface area contributed by atoms with E-state index in [0.717, 1.165) is 6.07 Å². The molecule has 1 atom stereocenters. The van der Waals surface area contributed by atoms with Gasteiger partial charge in [0, 0.05) is 11.6 Å². The second-order valence-corrected chi connectivity index (χ2v) is 4.86. The number of alkyl halides is 3. The number of carbonyl (C=O) groups excluding carboxylic acids is 1. The van der Waals surface area contributed by atoms with Crippen LogP contribution >= 0.6 is 0 Å². The zero-order chi connectivity index (χ0) is 17.9. The fourth-order valence-corrected chi connectivity index (χ4v) is 1.98. The Hall–Kier alpha value is -2.49. The molecule has 0 aliphatic heterocycles. The van der Waals surface area contributed by atoms with Crippen molar-refractivity contribution in [2.75, 3.05) is 11.9 Å². The number of nitrogens with zero attached hydrogens (tertiary/aromatic N) is 1. The van der Waals surface area contributed by atoms with Gasteiger partial charge in [-0.05, 0) is 19.1 Å². The summed E-state index contributed by atoms with van der Waals surface area (Å²) in [5.74, 6) is -3.20. The van der Waals surface area contributed by atoms with E-state index in [0.29, 0.717) is 17.9 Å². The topological polar surface area (TPSA) is 67.2 Å². The smallest absolute Gasteiger partial charge is 0.360 e. The molecular weight excluding hydrogens is 337 g/mol. The van der Waals surface area contributed by atoms with Crippen LogP contribution in [0.2, 0.25) is 0 Å². The number of hydrogen-bond donors (Lipinski definition) is 2. The summed E-state index contributed by atoms with van der Waals surface area (Å²) in [4.78, 5) is 11.6. The Balaban J connectivity index is 2.11. The molecule has 2 rings (SSSR count). The lowest BCUT2D eigenvalue weighted by atomic mass is 10.0. The predicted molar refractivity (Wildman–Crippen MR) is 73.0 cm³/mol. The van der Waals surface area contributed by atoms with E-state index in [4.69, 9.17) is 0 Å². The molecule has 130 valence electrons. The fourth-order valence-electron chi connectivity index (χ4n) is 1.98. The normalized spacial score (nSPS) is 12.9. The lowest BCUT2D eigenvalue weighted by Gasteiger charge is -2.22. The number of amides is 1. The van der Waals surface area contributed by atoms with Crippen LogP contribution in [-0.4, -0.2) is 23.8 Å². The average molecular weight is 349 g/mol. The van der Waals surface area contributed by atoms with E-state index in [1.165, 1.54) is 6.07 Å². The molecule has 0 spiro atoms. The molecule has 0 bridgehead atoms. The van der Waals surface area contributed by atoms with Crippen LogP contribution in [-0.2, 0) is 4.79 Å². The van der Waals surface area contributed by atoms with E-state index in [-0.39, 0.29) is 5.82 Å². The van der Waals surface area contributed by atoms with Gasteiger partial charge in [-0.1, -0.05) is 11.2 Å². The third-order valence-corrected chi connectivity index (χ3v) is 2.98. The van der Waals surface area contributed by atoms with Gasteiger partial charge in [0.15, 0.2) is 5.82 Å². The minimum Gasteiger partial charge on any atom is -0.360 e. The van der Waals surface area contributed by atoms with Crippen LogP contribution in [0.3, 0.4) is 0 Å². The highest BCUT2D eigenvalue weighted by molar-refractivity contribution is 5.91. The number of hydrogen-bond acceptors (Lipinski definition) is 4. The molecule has 0 aliphatic carbocycles. The molecule has 1 amide bonds. The number of rotatable bonds is 5. The molecule has 2 N–H and O–H groups in total. The number of anilines is 1. The van der Waals surface area contributed by atoms with Gasteiger partial charge in [-0.2, -0.15) is 13.2 Å². The molecule has 1 aromatic carbocycles. The second kappa shape index (κ2) is 6.95. The molecule has 5 nitrogen and oxygen atoms in total. The molecule has 0 unspecified atom stereocenters. The third-order valence-electron chi connectivity index (χ3n) is 2.98. The highest BCUT2D eigenvalue weighted by Crippen LogP contribution is 2.35. The van der Waals surface area contributed by atoms with Crippen molar-refractivity contribution in [1.29, 1.82) is 0 Å². The largest absolute Gasteiger partial charge is 0.408 e. The van der Waals surface area contributed by atoms with Crippen molar-refractivity contribution >= 4 is 11.7 Å². The standard InChI is InChI=1S/C14H12F5N3O2/c1-7-5-10(22-24-7)21-11(23)6-20-13(14(17,18)19)12-8(15)3-2-4-9(12)16/h2-5,13,20H,6H2,1H3,(H,21,22,23)/t13-/m1/s1. The first-order valence-electron chi connectivity index (χ1n) is 6.65. The SMILES string of the molecule is Cc1cc(NC(=O)CN[C@H](c2c(F)cccc2F)C(F)(F)F)no1. The fraction of sp³-hybridized carbons (Fsp3) is 0.286. The maximum absolute atomic E-state index is 13.6. The monoisotopic (exact) mass is 349 g/mol. The summed E-state index contributed by atoms with van der Waals surface area (Å²) >= 11 is 0. The van der Waals surface area contributed by atoms with Crippen molar-refractivity contribution in [3.63, 3.8) is 0 Å². The van der Waals surface area contributed by atoms with Crippen LogP contribution in [0.15, 0.2) is 28.8 Å². The number of nitrogens with one attached hydrogen (secondary N) is 2. The lowest BCUT2D eigenvalue weighted by molar-refractivity contribution is -0.159. The molecule has 1 aromatic heterocycles. The molecule has 0 saturated carbocycles. The first-order valence-corrected chi connectivity index (χ1v) is 6.65. The lowest BCUT2D eigenvalue weighted by Crippen LogP contribution is -2.39. The summed E-state index contributed by atoms with van der Waals surface area (Å²) in [6.45, 7) is 0.714. The molecule has 0 radical (unpaired) electrons. The number of aryl methyl sites for hydroxylation is 1. The summed E-state index contributed by atoms with van der Waals surface area (Å²) in [6, 6.07) is 1.04. The van der Waals surface area contributed by atoms with Crippen LogP contribution in [0.4, 0.5) is 27.8 Å². The quantitative estimate of drug-likeness (QED) is 0.814. The van der Waals surface area contributed by atoms with Crippen molar-refractivity contribution in [2.24, 2.45) is 0 Å². The van der Waals surface area contributed by atoms with E-state index in [9.17, 15) is 26.7 Å². The summed E-state index contributed by atoms with van der Waals surface area (Å²) < 4.78 is 71.2. The van der Waals surface area contributed by atoms with Gasteiger partial charge in [-0.3, -0.25) is 10.1 Å². The Morgan fingerprint density at radius 1 is 1.29 bits per heavy atom. The first-order chi connectivity index (χ1) is 11.2. The maximum atomic E-state index is 13.6. The summed E-state index contributed by atoms with van der Waals surface area (Å²) in [5.41, 5.74) is -1.20. The molecule has 1 heterocycles. The Morgan fingerprint density at radius 2 is 1.92 bits per heavy atom. The summed E-state index contributed by atoms with van der Waals surface area (Å²) in [5, 5.41) is 7.44. The molecule has 0 aliphatic rings. The van der Waals surface area contributed by atoms with Crippen molar-refractivity contribution in [3.05, 3.63) is 47.2 Å². The van der Waals surface area contributed by atoms with Gasteiger partial charge >= 0.3 is 6.18 Å². The maximum Gasteiger partial charge on any atom is 0.408 e.